The van der Waals surface area contributed by atoms with Crippen molar-refractivity contribution >= 4 is 11.9 Å². The van der Waals surface area contributed by atoms with E-state index in [1.54, 1.807) is 17.9 Å². The molecule has 1 atom stereocenters. The second kappa shape index (κ2) is 6.97. The van der Waals surface area contributed by atoms with Gasteiger partial charge in [0, 0.05) is 13.1 Å². The molecular weight excluding hydrogens is 198 g/mol. The standard InChI is InChI=1S/C9H17N3O3/c1-3-4-12(5-6-13)7(2)8(14)11-9(10)15/h3,7,13H,1,4-6H2,2H3,(H3,10,11,14,15). The molecule has 0 radical (unpaired) electrons. The van der Waals surface area contributed by atoms with E-state index in [1.165, 1.54) is 0 Å². The number of aliphatic hydroxyl groups excluding tert-OH is 1. The lowest BCUT2D eigenvalue weighted by Crippen LogP contribution is -2.49. The monoisotopic (exact) mass is 215 g/mol. The number of carbonyl (C=O) groups excluding carboxylic acids is 2. The van der Waals surface area contributed by atoms with Crippen LogP contribution in [0.5, 0.6) is 0 Å². The molecule has 0 saturated heterocycles. The van der Waals surface area contributed by atoms with Crippen molar-refractivity contribution in [3.05, 3.63) is 12.7 Å². The first-order valence-electron chi connectivity index (χ1n) is 4.59. The van der Waals surface area contributed by atoms with Crippen LogP contribution >= 0.6 is 0 Å². The molecular formula is C9H17N3O3. The van der Waals surface area contributed by atoms with Crippen LogP contribution in [-0.4, -0.2) is 47.7 Å². The van der Waals surface area contributed by atoms with Crippen LogP contribution in [0.25, 0.3) is 0 Å². The summed E-state index contributed by atoms with van der Waals surface area (Å²) in [5.41, 5.74) is 4.82. The summed E-state index contributed by atoms with van der Waals surface area (Å²) >= 11 is 0. The van der Waals surface area contributed by atoms with E-state index in [0.717, 1.165) is 0 Å². The number of imide groups is 1. The van der Waals surface area contributed by atoms with E-state index in [1.807, 2.05) is 5.32 Å². The van der Waals surface area contributed by atoms with Crippen molar-refractivity contribution in [2.24, 2.45) is 5.73 Å². The maximum Gasteiger partial charge on any atom is 0.318 e. The second-order valence-electron chi connectivity index (χ2n) is 3.04. The van der Waals surface area contributed by atoms with E-state index in [2.05, 4.69) is 6.58 Å². The molecule has 0 heterocycles. The molecule has 4 N–H and O–H groups in total. The maximum absolute atomic E-state index is 11.4. The van der Waals surface area contributed by atoms with Crippen LogP contribution in [0.15, 0.2) is 12.7 Å². The quantitative estimate of drug-likeness (QED) is 0.498. The molecule has 3 amide bonds. The van der Waals surface area contributed by atoms with Crippen molar-refractivity contribution in [3.8, 4) is 0 Å². The number of carbonyl (C=O) groups is 2. The SMILES string of the molecule is C=CCN(CCO)C(C)C(=O)NC(N)=O. The van der Waals surface area contributed by atoms with E-state index in [9.17, 15) is 9.59 Å². The zero-order valence-electron chi connectivity index (χ0n) is 8.77. The van der Waals surface area contributed by atoms with Crippen molar-refractivity contribution in [1.29, 1.82) is 0 Å². The van der Waals surface area contributed by atoms with Crippen molar-refractivity contribution in [3.63, 3.8) is 0 Å². The number of hydrogen-bond donors (Lipinski definition) is 3. The van der Waals surface area contributed by atoms with Gasteiger partial charge in [0.2, 0.25) is 5.91 Å². The van der Waals surface area contributed by atoms with Crippen molar-refractivity contribution in [2.45, 2.75) is 13.0 Å². The summed E-state index contributed by atoms with van der Waals surface area (Å²) < 4.78 is 0. The highest BCUT2D eigenvalue weighted by Crippen LogP contribution is 1.98. The molecule has 0 aromatic heterocycles. The van der Waals surface area contributed by atoms with E-state index >= 15 is 0 Å². The van der Waals surface area contributed by atoms with Gasteiger partial charge in [0.05, 0.1) is 12.6 Å². The Labute approximate surface area is 88.7 Å². The summed E-state index contributed by atoms with van der Waals surface area (Å²) in [6.45, 7) is 5.88. The van der Waals surface area contributed by atoms with Gasteiger partial charge in [0.15, 0.2) is 0 Å². The minimum atomic E-state index is -0.880. The molecule has 0 aliphatic heterocycles. The van der Waals surface area contributed by atoms with Gasteiger partial charge in [-0.3, -0.25) is 15.0 Å². The number of nitrogens with zero attached hydrogens (tertiary/aromatic N) is 1. The van der Waals surface area contributed by atoms with Crippen LogP contribution in [0.3, 0.4) is 0 Å². The van der Waals surface area contributed by atoms with Crippen molar-refractivity contribution in [2.75, 3.05) is 19.7 Å². The molecule has 0 aliphatic carbocycles. The Kier molecular flexibility index (Phi) is 6.32. The molecule has 0 aromatic rings. The number of hydrogen-bond acceptors (Lipinski definition) is 4. The Balaban J connectivity index is 4.32. The lowest BCUT2D eigenvalue weighted by atomic mass is 10.2. The molecule has 0 aromatic carbocycles. The first-order chi connectivity index (χ1) is 7.02. The van der Waals surface area contributed by atoms with Gasteiger partial charge in [0.25, 0.3) is 0 Å². The third kappa shape index (κ3) is 5.14. The van der Waals surface area contributed by atoms with Crippen LogP contribution < -0.4 is 11.1 Å². The first kappa shape index (κ1) is 13.6. The topological polar surface area (TPSA) is 95.7 Å². The Morgan fingerprint density at radius 1 is 1.67 bits per heavy atom. The highest BCUT2D eigenvalue weighted by molar-refractivity contribution is 5.96. The third-order valence-electron chi connectivity index (χ3n) is 1.92. The fourth-order valence-electron chi connectivity index (χ4n) is 1.13. The van der Waals surface area contributed by atoms with Crippen LogP contribution in [0, 0.1) is 0 Å². The Bertz CT molecular complexity index is 243. The molecule has 0 saturated carbocycles. The van der Waals surface area contributed by atoms with E-state index in [0.29, 0.717) is 13.1 Å². The van der Waals surface area contributed by atoms with Gasteiger partial charge in [-0.25, -0.2) is 4.79 Å². The number of amides is 3. The molecule has 0 aliphatic rings. The smallest absolute Gasteiger partial charge is 0.318 e. The lowest BCUT2D eigenvalue weighted by molar-refractivity contribution is -0.124. The third-order valence-corrected chi connectivity index (χ3v) is 1.92. The average Bonchev–Trinajstić information content (AvgIpc) is 2.15. The van der Waals surface area contributed by atoms with Gasteiger partial charge in [-0.15, -0.1) is 6.58 Å². The van der Waals surface area contributed by atoms with Gasteiger partial charge < -0.3 is 10.8 Å². The summed E-state index contributed by atoms with van der Waals surface area (Å²) in [7, 11) is 0. The van der Waals surface area contributed by atoms with Gasteiger partial charge in [-0.05, 0) is 6.92 Å². The zero-order chi connectivity index (χ0) is 11.8. The summed E-state index contributed by atoms with van der Waals surface area (Å²) in [6, 6.07) is -1.42. The molecule has 6 heteroatoms. The number of aliphatic hydroxyl groups is 1. The fraction of sp³-hybridized carbons (Fsp3) is 0.556. The highest BCUT2D eigenvalue weighted by atomic mass is 16.3. The Hall–Kier alpha value is -1.40. The van der Waals surface area contributed by atoms with Crippen LogP contribution in [0.4, 0.5) is 4.79 Å². The molecule has 86 valence electrons. The number of nitrogens with one attached hydrogen (secondary N) is 1. The molecule has 0 rings (SSSR count). The van der Waals surface area contributed by atoms with Gasteiger partial charge >= 0.3 is 6.03 Å². The zero-order valence-corrected chi connectivity index (χ0v) is 8.77. The van der Waals surface area contributed by atoms with Gasteiger partial charge in [-0.1, -0.05) is 6.08 Å². The predicted molar refractivity (Wildman–Crippen MR) is 56.0 cm³/mol. The lowest BCUT2D eigenvalue weighted by Gasteiger charge is -2.25. The number of nitrogens with two attached hydrogens (primary N) is 1. The Morgan fingerprint density at radius 3 is 2.67 bits per heavy atom. The molecule has 0 fully saturated rings. The largest absolute Gasteiger partial charge is 0.395 e. The van der Waals surface area contributed by atoms with E-state index in [-0.39, 0.29) is 6.61 Å². The molecule has 0 bridgehead atoms. The summed E-state index contributed by atoms with van der Waals surface area (Å²) in [6.07, 6.45) is 1.61. The molecule has 1 unspecified atom stereocenters. The minimum Gasteiger partial charge on any atom is -0.395 e. The normalized spacial score (nSPS) is 12.2. The van der Waals surface area contributed by atoms with Crippen molar-refractivity contribution in [1.82, 2.24) is 10.2 Å². The van der Waals surface area contributed by atoms with E-state index in [4.69, 9.17) is 10.8 Å². The van der Waals surface area contributed by atoms with Crippen LogP contribution in [-0.2, 0) is 4.79 Å². The second-order valence-corrected chi connectivity index (χ2v) is 3.04. The molecule has 6 nitrogen and oxygen atoms in total. The summed E-state index contributed by atoms with van der Waals surface area (Å²) in [4.78, 5) is 23.5. The first-order valence-corrected chi connectivity index (χ1v) is 4.59. The molecule has 15 heavy (non-hydrogen) atoms. The predicted octanol–water partition coefficient (Wildman–Crippen LogP) is -0.950. The highest BCUT2D eigenvalue weighted by Gasteiger charge is 2.20. The summed E-state index contributed by atoms with van der Waals surface area (Å²) in [5, 5.41) is 10.8. The number of primary amides is 1. The Morgan fingerprint density at radius 2 is 2.27 bits per heavy atom. The molecule has 0 spiro atoms. The van der Waals surface area contributed by atoms with Gasteiger partial charge in [-0.2, -0.15) is 0 Å². The fourth-order valence-corrected chi connectivity index (χ4v) is 1.13. The number of urea groups is 1. The van der Waals surface area contributed by atoms with Crippen molar-refractivity contribution < 1.29 is 14.7 Å². The summed E-state index contributed by atoms with van der Waals surface area (Å²) in [5.74, 6) is -0.488. The van der Waals surface area contributed by atoms with Crippen LogP contribution in [0.2, 0.25) is 0 Å². The average molecular weight is 215 g/mol. The number of rotatable bonds is 6. The van der Waals surface area contributed by atoms with Gasteiger partial charge in [0.1, 0.15) is 0 Å². The maximum atomic E-state index is 11.4. The van der Waals surface area contributed by atoms with E-state index < -0.39 is 18.0 Å². The van der Waals surface area contributed by atoms with Crippen LogP contribution in [0.1, 0.15) is 6.92 Å². The minimum absolute atomic E-state index is 0.0674.